The number of hydrogen-bond acceptors (Lipinski definition) is 7. The highest BCUT2D eigenvalue weighted by molar-refractivity contribution is 5.88. The third-order valence-electron chi connectivity index (χ3n) is 6.35. The van der Waals surface area contributed by atoms with Gasteiger partial charge in [0.2, 0.25) is 17.6 Å². The molecule has 198 valence electrons. The molecule has 1 atom stereocenters. The molecule has 1 aromatic carbocycles. The lowest BCUT2D eigenvalue weighted by atomic mass is 10.0. The number of nitrogens with zero attached hydrogens (tertiary/aromatic N) is 5. The van der Waals surface area contributed by atoms with Crippen molar-refractivity contribution in [3.05, 3.63) is 53.5 Å². The maximum absolute atomic E-state index is 13.7. The number of rotatable bonds is 12. The molecule has 2 amide bonds. The van der Waals surface area contributed by atoms with Crippen LogP contribution in [0.5, 0.6) is 0 Å². The molecule has 11 heteroatoms. The van der Waals surface area contributed by atoms with Crippen molar-refractivity contribution in [2.75, 3.05) is 19.8 Å². The predicted molar refractivity (Wildman–Crippen MR) is 133 cm³/mol. The average molecular weight is 513 g/mol. The van der Waals surface area contributed by atoms with Crippen LogP contribution in [0.3, 0.4) is 0 Å². The second-order valence-corrected chi connectivity index (χ2v) is 9.14. The molecule has 1 saturated carbocycles. The zero-order valence-corrected chi connectivity index (χ0v) is 21.2. The van der Waals surface area contributed by atoms with Gasteiger partial charge >= 0.3 is 0 Å². The Morgan fingerprint density at radius 2 is 1.97 bits per heavy atom. The first kappa shape index (κ1) is 26.5. The summed E-state index contributed by atoms with van der Waals surface area (Å²) < 4.78 is 24.7. The van der Waals surface area contributed by atoms with Gasteiger partial charge in [-0.1, -0.05) is 25.0 Å². The molecule has 3 aromatic rings. The van der Waals surface area contributed by atoms with Gasteiger partial charge in [-0.05, 0) is 68.2 Å². The average Bonchev–Trinajstić information content (AvgIpc) is 3.65. The molecule has 10 nitrogen and oxygen atoms in total. The maximum atomic E-state index is 13.7. The van der Waals surface area contributed by atoms with Crippen LogP contribution in [0.1, 0.15) is 56.4 Å². The van der Waals surface area contributed by atoms with Crippen LogP contribution < -0.4 is 5.32 Å². The summed E-state index contributed by atoms with van der Waals surface area (Å²) in [6, 6.07) is 8.33. The molecule has 0 bridgehead atoms. The molecule has 1 fully saturated rings. The van der Waals surface area contributed by atoms with Gasteiger partial charge in [0.25, 0.3) is 0 Å². The molecule has 0 radical (unpaired) electrons. The SMILES string of the molecule is CCOCCCN(C(=O)Cn1nnc(-c2ccc(C)o2)n1)[C@H](C(=O)NC1CCCC1)c1ccc(F)cc1. The summed E-state index contributed by atoms with van der Waals surface area (Å²) in [6.45, 7) is 4.73. The van der Waals surface area contributed by atoms with Crippen molar-refractivity contribution in [1.29, 1.82) is 0 Å². The fourth-order valence-electron chi connectivity index (χ4n) is 4.52. The minimum absolute atomic E-state index is 0.0621. The monoisotopic (exact) mass is 512 g/mol. The first-order valence-electron chi connectivity index (χ1n) is 12.7. The molecular weight excluding hydrogens is 479 g/mol. The number of hydrogen-bond donors (Lipinski definition) is 1. The first-order chi connectivity index (χ1) is 17.9. The largest absolute Gasteiger partial charge is 0.458 e. The van der Waals surface area contributed by atoms with E-state index in [2.05, 4.69) is 20.7 Å². The smallest absolute Gasteiger partial charge is 0.247 e. The quantitative estimate of drug-likeness (QED) is 0.370. The Balaban J connectivity index is 1.58. The summed E-state index contributed by atoms with van der Waals surface area (Å²) in [7, 11) is 0. The standard InChI is InChI=1S/C26H33FN6O4/c1-3-36-16-6-15-32(23(34)17-33-30-25(29-31-33)22-14-9-18(2)37-22)24(19-10-12-20(27)13-11-19)26(35)28-21-7-4-5-8-21/h9-14,21,24H,3-8,15-17H2,1-2H3,(H,28,35)/t24-/m0/s1. The number of aryl methyl sites for hydroxylation is 1. The highest BCUT2D eigenvalue weighted by atomic mass is 19.1. The molecule has 1 aliphatic carbocycles. The first-order valence-corrected chi connectivity index (χ1v) is 12.7. The van der Waals surface area contributed by atoms with Crippen LogP contribution in [-0.2, 0) is 20.9 Å². The summed E-state index contributed by atoms with van der Waals surface area (Å²) in [5, 5.41) is 15.4. The minimum atomic E-state index is -0.939. The number of benzene rings is 1. The summed E-state index contributed by atoms with van der Waals surface area (Å²) in [4.78, 5) is 29.9. The summed E-state index contributed by atoms with van der Waals surface area (Å²) in [5.41, 5.74) is 0.528. The molecule has 0 spiro atoms. The van der Waals surface area contributed by atoms with Crippen molar-refractivity contribution in [2.45, 2.75) is 64.6 Å². The van der Waals surface area contributed by atoms with E-state index in [-0.39, 0.29) is 36.8 Å². The molecule has 1 aliphatic rings. The Morgan fingerprint density at radius 3 is 2.65 bits per heavy atom. The van der Waals surface area contributed by atoms with Crippen molar-refractivity contribution in [1.82, 2.24) is 30.4 Å². The van der Waals surface area contributed by atoms with Gasteiger partial charge in [0.15, 0.2) is 5.76 Å². The lowest BCUT2D eigenvalue weighted by molar-refractivity contribution is -0.142. The van der Waals surface area contributed by atoms with Crippen molar-refractivity contribution in [3.63, 3.8) is 0 Å². The third kappa shape index (κ3) is 7.00. The van der Waals surface area contributed by atoms with Crippen molar-refractivity contribution < 1.29 is 23.1 Å². The van der Waals surface area contributed by atoms with Gasteiger partial charge in [-0.2, -0.15) is 4.80 Å². The van der Waals surface area contributed by atoms with Crippen LogP contribution in [0.4, 0.5) is 4.39 Å². The Bertz CT molecular complexity index is 1170. The number of nitrogens with one attached hydrogen (secondary N) is 1. The van der Waals surface area contributed by atoms with Crippen LogP contribution in [0, 0.1) is 12.7 Å². The highest BCUT2D eigenvalue weighted by Gasteiger charge is 2.33. The zero-order chi connectivity index (χ0) is 26.2. The molecule has 2 aromatic heterocycles. The van der Waals surface area contributed by atoms with Crippen molar-refractivity contribution in [3.8, 4) is 11.6 Å². The molecule has 1 N–H and O–H groups in total. The molecule has 0 aliphatic heterocycles. The van der Waals surface area contributed by atoms with Crippen LogP contribution in [0.2, 0.25) is 0 Å². The van der Waals surface area contributed by atoms with Gasteiger partial charge in [-0.15, -0.1) is 10.2 Å². The highest BCUT2D eigenvalue weighted by Crippen LogP contribution is 2.25. The van der Waals surface area contributed by atoms with Crippen LogP contribution in [-0.4, -0.2) is 62.7 Å². The second kappa shape index (κ2) is 12.6. The fourth-order valence-corrected chi connectivity index (χ4v) is 4.52. The van der Waals surface area contributed by atoms with Crippen molar-refractivity contribution >= 4 is 11.8 Å². The zero-order valence-electron chi connectivity index (χ0n) is 21.2. The summed E-state index contributed by atoms with van der Waals surface area (Å²) in [6.07, 6.45) is 4.43. The number of furan rings is 1. The number of tetrazole rings is 1. The second-order valence-electron chi connectivity index (χ2n) is 9.14. The number of carbonyl (C=O) groups is 2. The summed E-state index contributed by atoms with van der Waals surface area (Å²) in [5.74, 6) is 0.343. The minimum Gasteiger partial charge on any atom is -0.458 e. The Kier molecular flexibility index (Phi) is 8.99. The van der Waals surface area contributed by atoms with Crippen molar-refractivity contribution in [2.24, 2.45) is 0 Å². The van der Waals surface area contributed by atoms with Crippen LogP contribution >= 0.6 is 0 Å². The van der Waals surface area contributed by atoms with Gasteiger partial charge in [0.05, 0.1) is 0 Å². The lowest BCUT2D eigenvalue weighted by Gasteiger charge is -2.32. The van der Waals surface area contributed by atoms with E-state index in [0.717, 1.165) is 25.7 Å². The van der Waals surface area contributed by atoms with Gasteiger partial charge in [0.1, 0.15) is 24.2 Å². The van der Waals surface area contributed by atoms with E-state index >= 15 is 0 Å². The van der Waals surface area contributed by atoms with Gasteiger partial charge in [0, 0.05) is 25.8 Å². The molecule has 4 rings (SSSR count). The Hall–Kier alpha value is -3.60. The van der Waals surface area contributed by atoms with Gasteiger partial charge < -0.3 is 19.4 Å². The van der Waals surface area contributed by atoms with E-state index in [9.17, 15) is 14.0 Å². The van der Waals surface area contributed by atoms with Gasteiger partial charge in [-0.3, -0.25) is 9.59 Å². The number of ether oxygens (including phenoxy) is 1. The Morgan fingerprint density at radius 1 is 1.22 bits per heavy atom. The van der Waals surface area contributed by atoms with E-state index in [0.29, 0.717) is 36.7 Å². The number of amides is 2. The van der Waals surface area contributed by atoms with Crippen LogP contribution in [0.15, 0.2) is 40.8 Å². The van der Waals surface area contributed by atoms with Gasteiger partial charge in [-0.25, -0.2) is 4.39 Å². The predicted octanol–water partition coefficient (Wildman–Crippen LogP) is 3.44. The number of carbonyl (C=O) groups excluding carboxylic acids is 2. The molecule has 2 heterocycles. The summed E-state index contributed by atoms with van der Waals surface area (Å²) >= 11 is 0. The molecular formula is C26H33FN6O4. The topological polar surface area (TPSA) is 115 Å². The van der Waals surface area contributed by atoms with E-state index in [1.165, 1.54) is 21.8 Å². The van der Waals surface area contributed by atoms with E-state index < -0.39 is 11.9 Å². The number of aromatic nitrogens is 4. The number of halogens is 1. The third-order valence-corrected chi connectivity index (χ3v) is 6.35. The lowest BCUT2D eigenvalue weighted by Crippen LogP contribution is -2.47. The maximum Gasteiger partial charge on any atom is 0.247 e. The molecule has 0 saturated heterocycles. The Labute approximate surface area is 215 Å². The van der Waals surface area contributed by atoms with E-state index in [1.807, 2.05) is 13.8 Å². The van der Waals surface area contributed by atoms with Crippen LogP contribution in [0.25, 0.3) is 11.6 Å². The fraction of sp³-hybridized carbons (Fsp3) is 0.500. The molecule has 37 heavy (non-hydrogen) atoms. The normalized spacial score (nSPS) is 14.6. The molecule has 0 unspecified atom stereocenters. The van der Waals surface area contributed by atoms with E-state index in [4.69, 9.17) is 9.15 Å². The van der Waals surface area contributed by atoms with E-state index in [1.54, 1.807) is 24.3 Å².